The third-order valence-electron chi connectivity index (χ3n) is 5.26. The number of nitrogens with one attached hydrogen (secondary N) is 2. The molecule has 162 valence electrons. The standard InChI is InChI=1S/C24H33FN4O/c1-17(19-11-12-23(22(25)13-19)30-16-18-9-10-18)28-24(26-2)27-14-20-7-5-6-8-21(20)15-29(3)4/h5-8,11-13,17-18H,9-10,14-16H2,1-4H3,(H2,26,27,28). The van der Waals surface area contributed by atoms with Crippen molar-refractivity contribution in [1.82, 2.24) is 15.5 Å². The van der Waals surface area contributed by atoms with Gasteiger partial charge in [0.1, 0.15) is 0 Å². The van der Waals surface area contributed by atoms with Crippen molar-refractivity contribution in [2.75, 3.05) is 27.7 Å². The van der Waals surface area contributed by atoms with Crippen LogP contribution in [0.3, 0.4) is 0 Å². The van der Waals surface area contributed by atoms with Crippen LogP contribution < -0.4 is 15.4 Å². The highest BCUT2D eigenvalue weighted by Crippen LogP contribution is 2.30. The number of aliphatic imine (C=N–C) groups is 1. The second-order valence-corrected chi connectivity index (χ2v) is 8.24. The molecular formula is C24H33FN4O. The quantitative estimate of drug-likeness (QED) is 0.481. The highest BCUT2D eigenvalue weighted by atomic mass is 19.1. The van der Waals surface area contributed by atoms with E-state index < -0.39 is 0 Å². The minimum Gasteiger partial charge on any atom is -0.490 e. The van der Waals surface area contributed by atoms with E-state index in [1.54, 1.807) is 19.2 Å². The summed E-state index contributed by atoms with van der Waals surface area (Å²) in [5.74, 6) is 1.29. The number of rotatable bonds is 9. The molecule has 0 aliphatic heterocycles. The molecule has 0 saturated heterocycles. The van der Waals surface area contributed by atoms with Crippen LogP contribution in [0.25, 0.3) is 0 Å². The van der Waals surface area contributed by atoms with Crippen LogP contribution in [0.1, 0.15) is 42.5 Å². The van der Waals surface area contributed by atoms with Gasteiger partial charge in [-0.2, -0.15) is 0 Å². The minimum atomic E-state index is -0.317. The first-order valence-corrected chi connectivity index (χ1v) is 10.6. The van der Waals surface area contributed by atoms with Gasteiger partial charge in [-0.3, -0.25) is 4.99 Å². The Bertz CT molecular complexity index is 864. The van der Waals surface area contributed by atoms with Crippen molar-refractivity contribution in [3.05, 3.63) is 65.0 Å². The molecule has 30 heavy (non-hydrogen) atoms. The Morgan fingerprint density at radius 3 is 2.57 bits per heavy atom. The van der Waals surface area contributed by atoms with Gasteiger partial charge in [0.15, 0.2) is 17.5 Å². The summed E-state index contributed by atoms with van der Waals surface area (Å²) in [6.07, 6.45) is 2.37. The smallest absolute Gasteiger partial charge is 0.191 e. The average Bonchev–Trinajstić information content (AvgIpc) is 3.55. The predicted molar refractivity (Wildman–Crippen MR) is 120 cm³/mol. The zero-order valence-electron chi connectivity index (χ0n) is 18.4. The van der Waals surface area contributed by atoms with E-state index in [9.17, 15) is 4.39 Å². The molecule has 0 bridgehead atoms. The Hall–Kier alpha value is -2.60. The normalized spacial score (nSPS) is 15.2. The zero-order valence-corrected chi connectivity index (χ0v) is 18.4. The van der Waals surface area contributed by atoms with E-state index in [-0.39, 0.29) is 11.9 Å². The number of hydrogen-bond donors (Lipinski definition) is 2. The number of halogens is 1. The number of nitrogens with zero attached hydrogens (tertiary/aromatic N) is 2. The lowest BCUT2D eigenvalue weighted by atomic mass is 10.1. The number of ether oxygens (including phenoxy) is 1. The fourth-order valence-corrected chi connectivity index (χ4v) is 3.28. The van der Waals surface area contributed by atoms with Crippen molar-refractivity contribution in [1.29, 1.82) is 0 Å². The first-order chi connectivity index (χ1) is 14.5. The molecule has 1 unspecified atom stereocenters. The van der Waals surface area contributed by atoms with Crippen molar-refractivity contribution in [3.63, 3.8) is 0 Å². The lowest BCUT2D eigenvalue weighted by molar-refractivity contribution is 0.285. The van der Waals surface area contributed by atoms with Crippen LogP contribution >= 0.6 is 0 Å². The highest BCUT2D eigenvalue weighted by Gasteiger charge is 2.22. The van der Waals surface area contributed by atoms with Crippen LogP contribution in [0.4, 0.5) is 4.39 Å². The van der Waals surface area contributed by atoms with Crippen LogP contribution in [0.5, 0.6) is 5.75 Å². The molecule has 6 heteroatoms. The van der Waals surface area contributed by atoms with Crippen LogP contribution in [0.2, 0.25) is 0 Å². The van der Waals surface area contributed by atoms with Gasteiger partial charge in [-0.05, 0) is 68.6 Å². The lowest BCUT2D eigenvalue weighted by Gasteiger charge is -2.20. The molecule has 1 atom stereocenters. The number of guanidine groups is 1. The van der Waals surface area contributed by atoms with E-state index in [0.29, 0.717) is 30.8 Å². The highest BCUT2D eigenvalue weighted by molar-refractivity contribution is 5.80. The summed E-state index contributed by atoms with van der Waals surface area (Å²) in [5.41, 5.74) is 3.36. The largest absolute Gasteiger partial charge is 0.490 e. The van der Waals surface area contributed by atoms with Gasteiger partial charge in [-0.1, -0.05) is 30.3 Å². The zero-order chi connectivity index (χ0) is 21.5. The molecule has 0 amide bonds. The molecule has 5 nitrogen and oxygen atoms in total. The Kier molecular flexibility index (Phi) is 7.69. The third-order valence-corrected chi connectivity index (χ3v) is 5.26. The van der Waals surface area contributed by atoms with Crippen LogP contribution in [-0.2, 0) is 13.1 Å². The molecule has 1 aliphatic rings. The van der Waals surface area contributed by atoms with Gasteiger partial charge in [0.05, 0.1) is 12.6 Å². The molecule has 2 aromatic rings. The maximum absolute atomic E-state index is 14.4. The molecule has 1 fully saturated rings. The van der Waals surface area contributed by atoms with Crippen molar-refractivity contribution in [2.45, 2.75) is 38.9 Å². The van der Waals surface area contributed by atoms with Gasteiger partial charge in [0.25, 0.3) is 0 Å². The van der Waals surface area contributed by atoms with E-state index in [4.69, 9.17) is 4.74 Å². The molecule has 0 aromatic heterocycles. The molecule has 3 rings (SSSR count). The first kappa shape index (κ1) is 22.1. The fraction of sp³-hybridized carbons (Fsp3) is 0.458. The summed E-state index contributed by atoms with van der Waals surface area (Å²) < 4.78 is 20.0. The van der Waals surface area contributed by atoms with Crippen LogP contribution in [0.15, 0.2) is 47.5 Å². The summed E-state index contributed by atoms with van der Waals surface area (Å²) in [6, 6.07) is 13.4. The molecule has 2 N–H and O–H groups in total. The predicted octanol–water partition coefficient (Wildman–Crippen LogP) is 4.10. The Labute approximate surface area is 179 Å². The Morgan fingerprint density at radius 1 is 1.20 bits per heavy atom. The molecule has 1 saturated carbocycles. The number of benzene rings is 2. The minimum absolute atomic E-state index is 0.0970. The van der Waals surface area contributed by atoms with Gasteiger partial charge in [0.2, 0.25) is 0 Å². The Morgan fingerprint density at radius 2 is 1.93 bits per heavy atom. The monoisotopic (exact) mass is 412 g/mol. The summed E-state index contributed by atoms with van der Waals surface area (Å²) in [6.45, 7) is 4.15. The van der Waals surface area contributed by atoms with Gasteiger partial charge in [-0.25, -0.2) is 4.39 Å². The molecule has 2 aromatic carbocycles. The van der Waals surface area contributed by atoms with Crippen molar-refractivity contribution >= 4 is 5.96 Å². The van der Waals surface area contributed by atoms with Gasteiger partial charge in [0, 0.05) is 20.1 Å². The van der Waals surface area contributed by atoms with E-state index in [0.717, 1.165) is 12.1 Å². The second-order valence-electron chi connectivity index (χ2n) is 8.24. The fourth-order valence-electron chi connectivity index (χ4n) is 3.28. The molecule has 0 radical (unpaired) electrons. The molecule has 0 spiro atoms. The molecular weight excluding hydrogens is 379 g/mol. The van der Waals surface area contributed by atoms with Crippen molar-refractivity contribution < 1.29 is 9.13 Å². The average molecular weight is 413 g/mol. The maximum atomic E-state index is 14.4. The summed E-state index contributed by atoms with van der Waals surface area (Å²) in [4.78, 5) is 6.47. The van der Waals surface area contributed by atoms with Gasteiger partial charge in [-0.15, -0.1) is 0 Å². The SMILES string of the molecule is CN=C(NCc1ccccc1CN(C)C)NC(C)c1ccc(OCC2CC2)c(F)c1. The maximum Gasteiger partial charge on any atom is 0.191 e. The van der Waals surface area contributed by atoms with Gasteiger partial charge >= 0.3 is 0 Å². The first-order valence-electron chi connectivity index (χ1n) is 10.6. The second kappa shape index (κ2) is 10.4. The molecule has 1 aliphatic carbocycles. The lowest BCUT2D eigenvalue weighted by Crippen LogP contribution is -2.38. The van der Waals surface area contributed by atoms with Crippen LogP contribution in [-0.4, -0.2) is 38.6 Å². The van der Waals surface area contributed by atoms with Crippen molar-refractivity contribution in [3.8, 4) is 5.75 Å². The van der Waals surface area contributed by atoms with E-state index in [1.807, 2.05) is 19.1 Å². The van der Waals surface area contributed by atoms with E-state index >= 15 is 0 Å². The van der Waals surface area contributed by atoms with E-state index in [2.05, 4.69) is 52.8 Å². The van der Waals surface area contributed by atoms with Crippen molar-refractivity contribution in [2.24, 2.45) is 10.9 Å². The summed E-state index contributed by atoms with van der Waals surface area (Å²) in [5, 5.41) is 6.71. The summed E-state index contributed by atoms with van der Waals surface area (Å²) in [7, 11) is 5.87. The third kappa shape index (κ3) is 6.46. The van der Waals surface area contributed by atoms with E-state index in [1.165, 1.54) is 24.0 Å². The summed E-state index contributed by atoms with van der Waals surface area (Å²) >= 11 is 0. The molecule has 0 heterocycles. The number of hydrogen-bond acceptors (Lipinski definition) is 3. The topological polar surface area (TPSA) is 48.9 Å². The Balaban J connectivity index is 1.57. The van der Waals surface area contributed by atoms with Crippen LogP contribution in [0, 0.1) is 11.7 Å². The van der Waals surface area contributed by atoms with Gasteiger partial charge < -0.3 is 20.3 Å².